The molecule has 1 aromatic heterocycles. The van der Waals surface area contributed by atoms with E-state index in [0.29, 0.717) is 42.2 Å². The fourth-order valence-corrected chi connectivity index (χ4v) is 2.38. The molecule has 8 heteroatoms. The minimum atomic E-state index is -0.332. The highest BCUT2D eigenvalue weighted by atomic mass is 19.1. The molecule has 2 N–H and O–H groups in total. The van der Waals surface area contributed by atoms with Crippen LogP contribution >= 0.6 is 0 Å². The van der Waals surface area contributed by atoms with Crippen LogP contribution in [0.15, 0.2) is 48.7 Å². The van der Waals surface area contributed by atoms with Crippen molar-refractivity contribution in [2.75, 3.05) is 23.8 Å². The molecular weight excluding hydrogens is 325 g/mol. The molecule has 0 fully saturated rings. The molecule has 1 aliphatic heterocycles. The topological polar surface area (TPSA) is 81.2 Å². The number of benzene rings is 2. The lowest BCUT2D eigenvalue weighted by Crippen LogP contribution is -2.15. The molecule has 2 heterocycles. The molecule has 0 aliphatic carbocycles. The van der Waals surface area contributed by atoms with E-state index in [0.717, 1.165) is 5.69 Å². The maximum atomic E-state index is 13.3. The zero-order valence-electron chi connectivity index (χ0n) is 13.1. The Labute approximate surface area is 142 Å². The van der Waals surface area contributed by atoms with Crippen molar-refractivity contribution < 1.29 is 13.9 Å². The van der Waals surface area contributed by atoms with E-state index in [-0.39, 0.29) is 5.82 Å². The second-order valence-corrected chi connectivity index (χ2v) is 5.28. The van der Waals surface area contributed by atoms with Crippen LogP contribution in [-0.4, -0.2) is 28.4 Å². The molecule has 0 unspecified atom stereocenters. The molecule has 0 saturated carbocycles. The number of hydrogen-bond acceptors (Lipinski definition) is 7. The summed E-state index contributed by atoms with van der Waals surface area (Å²) in [6, 6.07) is 11.6. The van der Waals surface area contributed by atoms with Gasteiger partial charge in [0.05, 0.1) is 6.20 Å². The first-order valence-corrected chi connectivity index (χ1v) is 7.65. The molecule has 1 aliphatic rings. The lowest BCUT2D eigenvalue weighted by molar-refractivity contribution is 0.171. The Morgan fingerprint density at radius 1 is 0.920 bits per heavy atom. The monoisotopic (exact) mass is 339 g/mol. The van der Waals surface area contributed by atoms with Gasteiger partial charge in [-0.15, -0.1) is 5.10 Å². The molecule has 3 aromatic rings. The minimum absolute atomic E-state index is 0.304. The van der Waals surface area contributed by atoms with Crippen molar-refractivity contribution in [1.82, 2.24) is 15.2 Å². The highest BCUT2D eigenvalue weighted by molar-refractivity contribution is 5.61. The Hall–Kier alpha value is -3.42. The van der Waals surface area contributed by atoms with E-state index in [9.17, 15) is 4.39 Å². The van der Waals surface area contributed by atoms with E-state index < -0.39 is 0 Å². The van der Waals surface area contributed by atoms with Crippen molar-refractivity contribution in [3.05, 3.63) is 54.5 Å². The largest absolute Gasteiger partial charge is 0.486 e. The van der Waals surface area contributed by atoms with E-state index in [2.05, 4.69) is 25.8 Å². The van der Waals surface area contributed by atoms with Gasteiger partial charge in [0.15, 0.2) is 17.3 Å². The zero-order valence-corrected chi connectivity index (χ0v) is 13.1. The van der Waals surface area contributed by atoms with Crippen LogP contribution < -0.4 is 20.1 Å². The highest BCUT2D eigenvalue weighted by Gasteiger charge is 2.12. The standard InChI is InChI=1S/C17H14FN5O2/c18-11-2-1-3-12(8-11)20-16-10-19-23-17(22-16)21-13-4-5-14-15(9-13)25-7-6-24-14/h1-5,8-10H,6-7H2,(H2,20,21,22,23). The summed E-state index contributed by atoms with van der Waals surface area (Å²) in [5, 5.41) is 13.9. The summed E-state index contributed by atoms with van der Waals surface area (Å²) in [4.78, 5) is 4.31. The van der Waals surface area contributed by atoms with Crippen molar-refractivity contribution in [3.8, 4) is 11.5 Å². The smallest absolute Gasteiger partial charge is 0.249 e. The number of aromatic nitrogens is 3. The van der Waals surface area contributed by atoms with E-state index in [1.807, 2.05) is 18.2 Å². The molecule has 0 bridgehead atoms. The predicted molar refractivity (Wildman–Crippen MR) is 90.2 cm³/mol. The summed E-state index contributed by atoms with van der Waals surface area (Å²) in [6.45, 7) is 1.06. The van der Waals surface area contributed by atoms with Crippen LogP contribution in [0.5, 0.6) is 11.5 Å². The molecule has 0 atom stereocenters. The van der Waals surface area contributed by atoms with Crippen LogP contribution in [0.2, 0.25) is 0 Å². The number of fused-ring (bicyclic) bond motifs is 1. The van der Waals surface area contributed by atoms with Crippen LogP contribution in [0, 0.1) is 5.82 Å². The summed E-state index contributed by atoms with van der Waals surface area (Å²) >= 11 is 0. The third kappa shape index (κ3) is 3.57. The van der Waals surface area contributed by atoms with Gasteiger partial charge in [-0.05, 0) is 30.3 Å². The number of rotatable bonds is 4. The van der Waals surface area contributed by atoms with Crippen molar-refractivity contribution in [3.63, 3.8) is 0 Å². The number of nitrogens with zero attached hydrogens (tertiary/aromatic N) is 3. The molecule has 0 amide bonds. The lowest BCUT2D eigenvalue weighted by atomic mass is 10.2. The zero-order chi connectivity index (χ0) is 17.1. The van der Waals surface area contributed by atoms with Crippen LogP contribution in [0.25, 0.3) is 0 Å². The van der Waals surface area contributed by atoms with Gasteiger partial charge < -0.3 is 20.1 Å². The van der Waals surface area contributed by atoms with Crippen LogP contribution in [0.1, 0.15) is 0 Å². The molecule has 0 spiro atoms. The minimum Gasteiger partial charge on any atom is -0.486 e. The molecule has 7 nitrogen and oxygen atoms in total. The maximum absolute atomic E-state index is 13.3. The first-order valence-electron chi connectivity index (χ1n) is 7.65. The third-order valence-electron chi connectivity index (χ3n) is 3.45. The second kappa shape index (κ2) is 6.60. The van der Waals surface area contributed by atoms with Gasteiger partial charge in [0.1, 0.15) is 19.0 Å². The maximum Gasteiger partial charge on any atom is 0.249 e. The molecule has 2 aromatic carbocycles. The van der Waals surface area contributed by atoms with Gasteiger partial charge in [0.2, 0.25) is 5.95 Å². The second-order valence-electron chi connectivity index (χ2n) is 5.28. The molecule has 0 radical (unpaired) electrons. The third-order valence-corrected chi connectivity index (χ3v) is 3.45. The molecular formula is C17H14FN5O2. The van der Waals surface area contributed by atoms with Crippen LogP contribution in [-0.2, 0) is 0 Å². The van der Waals surface area contributed by atoms with Crippen LogP contribution in [0.4, 0.5) is 27.5 Å². The van der Waals surface area contributed by atoms with E-state index >= 15 is 0 Å². The summed E-state index contributed by atoms with van der Waals surface area (Å²) in [6.07, 6.45) is 1.46. The summed E-state index contributed by atoms with van der Waals surface area (Å²) < 4.78 is 24.3. The average Bonchev–Trinajstić information content (AvgIpc) is 2.62. The summed E-state index contributed by atoms with van der Waals surface area (Å²) in [5.41, 5.74) is 1.32. The Morgan fingerprint density at radius 2 is 1.76 bits per heavy atom. The van der Waals surface area contributed by atoms with Gasteiger partial charge in [0, 0.05) is 17.4 Å². The predicted octanol–water partition coefficient (Wildman–Crippen LogP) is 3.27. The Kier molecular flexibility index (Phi) is 3.99. The van der Waals surface area contributed by atoms with Crippen molar-refractivity contribution in [2.24, 2.45) is 0 Å². The first kappa shape index (κ1) is 15.1. The highest BCUT2D eigenvalue weighted by Crippen LogP contribution is 2.33. The van der Waals surface area contributed by atoms with Gasteiger partial charge in [-0.25, -0.2) is 4.39 Å². The SMILES string of the molecule is Fc1cccc(Nc2cnnc(Nc3ccc4c(c3)OCCO4)n2)c1. The van der Waals surface area contributed by atoms with Gasteiger partial charge in [-0.1, -0.05) is 6.07 Å². The fraction of sp³-hybridized carbons (Fsp3) is 0.118. The molecule has 0 saturated heterocycles. The van der Waals surface area contributed by atoms with E-state index in [1.54, 1.807) is 12.1 Å². The number of nitrogens with one attached hydrogen (secondary N) is 2. The molecule has 4 rings (SSSR count). The quantitative estimate of drug-likeness (QED) is 0.755. The fourth-order valence-electron chi connectivity index (χ4n) is 2.38. The summed E-state index contributed by atoms with van der Waals surface area (Å²) in [7, 11) is 0. The molecule has 25 heavy (non-hydrogen) atoms. The Morgan fingerprint density at radius 3 is 2.64 bits per heavy atom. The van der Waals surface area contributed by atoms with Crippen molar-refractivity contribution >= 4 is 23.1 Å². The van der Waals surface area contributed by atoms with E-state index in [4.69, 9.17) is 9.47 Å². The number of anilines is 4. The number of hydrogen-bond donors (Lipinski definition) is 2. The van der Waals surface area contributed by atoms with Gasteiger partial charge in [-0.3, -0.25) is 0 Å². The number of ether oxygens (including phenoxy) is 2. The average molecular weight is 339 g/mol. The number of halogens is 1. The Balaban J connectivity index is 1.51. The van der Waals surface area contributed by atoms with Crippen LogP contribution in [0.3, 0.4) is 0 Å². The molecule has 126 valence electrons. The lowest BCUT2D eigenvalue weighted by Gasteiger charge is -2.18. The van der Waals surface area contributed by atoms with E-state index in [1.165, 1.54) is 18.3 Å². The first-order chi connectivity index (χ1) is 12.3. The van der Waals surface area contributed by atoms with Gasteiger partial charge >= 0.3 is 0 Å². The van der Waals surface area contributed by atoms with Crippen molar-refractivity contribution in [1.29, 1.82) is 0 Å². The van der Waals surface area contributed by atoms with Crippen molar-refractivity contribution in [2.45, 2.75) is 0 Å². The van der Waals surface area contributed by atoms with Gasteiger partial charge in [-0.2, -0.15) is 10.1 Å². The van der Waals surface area contributed by atoms with Gasteiger partial charge in [0.25, 0.3) is 0 Å². The Bertz CT molecular complexity index is 906. The summed E-state index contributed by atoms with van der Waals surface area (Å²) in [5.74, 6) is 1.79. The normalized spacial score (nSPS) is 12.5.